The van der Waals surface area contributed by atoms with Crippen LogP contribution in [0.15, 0.2) is 0 Å². The molecule has 0 N–H and O–H groups in total. The molecule has 0 saturated carbocycles. The van der Waals surface area contributed by atoms with Gasteiger partial charge in [0.15, 0.2) is 0 Å². The molecule has 0 radical (unpaired) electrons. The van der Waals surface area contributed by atoms with Gasteiger partial charge in [-0.05, 0) is 34.4 Å². The van der Waals surface area contributed by atoms with Crippen molar-refractivity contribution < 1.29 is 4.79 Å². The molecule has 0 heterocycles. The maximum absolute atomic E-state index is 12.0. The van der Waals surface area contributed by atoms with Gasteiger partial charge in [-0.2, -0.15) is 0 Å². The van der Waals surface area contributed by atoms with Crippen molar-refractivity contribution in [3.8, 4) is 0 Å². The first kappa shape index (κ1) is 14.9. The van der Waals surface area contributed by atoms with Crippen LogP contribution in [-0.4, -0.2) is 53.8 Å². The highest BCUT2D eigenvalue weighted by atomic mass is 79.9. The Labute approximate surface area is 102 Å². The van der Waals surface area contributed by atoms with E-state index in [2.05, 4.69) is 27.8 Å². The Morgan fingerprint density at radius 3 is 2.20 bits per heavy atom. The molecule has 0 aromatic rings. The molecule has 4 heteroatoms. The number of likely N-dealkylation sites (N-methyl/N-ethyl adjacent to an activating group) is 2. The average molecular weight is 279 g/mol. The third kappa shape index (κ3) is 4.98. The van der Waals surface area contributed by atoms with E-state index in [-0.39, 0.29) is 16.8 Å². The molecule has 3 nitrogen and oxygen atoms in total. The molecular formula is C11H23BrN2O. The van der Waals surface area contributed by atoms with Crippen molar-refractivity contribution in [2.75, 3.05) is 27.2 Å². The van der Waals surface area contributed by atoms with Crippen molar-refractivity contribution in [2.45, 2.75) is 38.1 Å². The Hall–Kier alpha value is -0.0900. The fourth-order valence-corrected chi connectivity index (χ4v) is 1.93. The summed E-state index contributed by atoms with van der Waals surface area (Å²) in [5.74, 6) is 0.203. The van der Waals surface area contributed by atoms with Crippen LogP contribution in [0.3, 0.4) is 0 Å². The fourth-order valence-electron chi connectivity index (χ4n) is 1.67. The normalized spacial score (nSPS) is 15.1. The van der Waals surface area contributed by atoms with Crippen LogP contribution in [0.4, 0.5) is 0 Å². The molecule has 1 amide bonds. The van der Waals surface area contributed by atoms with Crippen LogP contribution in [0.2, 0.25) is 0 Å². The SMILES string of the molecule is CCC(Br)C(=O)N(CC)C(C)CN(C)C. The number of halogens is 1. The lowest BCUT2D eigenvalue weighted by Crippen LogP contribution is -2.46. The highest BCUT2D eigenvalue weighted by Gasteiger charge is 2.23. The molecule has 0 saturated heterocycles. The average Bonchev–Trinajstić information content (AvgIpc) is 2.16. The standard InChI is InChI=1S/C11H23BrN2O/c1-6-10(12)11(15)14(7-2)9(3)8-13(4)5/h9-10H,6-8H2,1-5H3. The van der Waals surface area contributed by atoms with Gasteiger partial charge in [0, 0.05) is 19.1 Å². The topological polar surface area (TPSA) is 23.6 Å². The fraction of sp³-hybridized carbons (Fsp3) is 0.909. The van der Waals surface area contributed by atoms with Gasteiger partial charge in [0.2, 0.25) is 5.91 Å². The number of nitrogens with zero attached hydrogens (tertiary/aromatic N) is 2. The van der Waals surface area contributed by atoms with Crippen molar-refractivity contribution >= 4 is 21.8 Å². The van der Waals surface area contributed by atoms with Gasteiger partial charge < -0.3 is 9.80 Å². The molecule has 0 rings (SSSR count). The second-order valence-electron chi connectivity index (χ2n) is 4.11. The van der Waals surface area contributed by atoms with Crippen molar-refractivity contribution in [1.29, 1.82) is 0 Å². The van der Waals surface area contributed by atoms with E-state index in [1.165, 1.54) is 0 Å². The first-order valence-electron chi connectivity index (χ1n) is 5.53. The summed E-state index contributed by atoms with van der Waals surface area (Å²) in [5.41, 5.74) is 0. The van der Waals surface area contributed by atoms with Crippen molar-refractivity contribution in [3.05, 3.63) is 0 Å². The maximum atomic E-state index is 12.0. The lowest BCUT2D eigenvalue weighted by molar-refractivity contribution is -0.132. The zero-order valence-electron chi connectivity index (χ0n) is 10.5. The highest BCUT2D eigenvalue weighted by molar-refractivity contribution is 9.10. The summed E-state index contributed by atoms with van der Waals surface area (Å²) in [7, 11) is 4.06. The van der Waals surface area contributed by atoms with Crippen molar-refractivity contribution in [1.82, 2.24) is 9.80 Å². The number of hydrogen-bond donors (Lipinski definition) is 0. The minimum absolute atomic E-state index is 0.0398. The quantitative estimate of drug-likeness (QED) is 0.694. The molecule has 0 aromatic heterocycles. The lowest BCUT2D eigenvalue weighted by atomic mass is 10.2. The van der Waals surface area contributed by atoms with Gasteiger partial charge >= 0.3 is 0 Å². The number of rotatable bonds is 6. The van der Waals surface area contributed by atoms with Gasteiger partial charge in [-0.1, -0.05) is 22.9 Å². The second-order valence-corrected chi connectivity index (χ2v) is 5.22. The lowest BCUT2D eigenvalue weighted by Gasteiger charge is -2.31. The number of carbonyl (C=O) groups is 1. The zero-order chi connectivity index (χ0) is 12.0. The molecule has 15 heavy (non-hydrogen) atoms. The predicted molar refractivity (Wildman–Crippen MR) is 68.4 cm³/mol. The predicted octanol–water partition coefficient (Wildman–Crippen LogP) is 1.96. The molecule has 0 aliphatic rings. The first-order valence-corrected chi connectivity index (χ1v) is 6.44. The van der Waals surface area contributed by atoms with E-state index in [4.69, 9.17) is 0 Å². The molecule has 0 bridgehead atoms. The van der Waals surface area contributed by atoms with Crippen LogP contribution >= 0.6 is 15.9 Å². The van der Waals surface area contributed by atoms with E-state index in [0.717, 1.165) is 19.5 Å². The van der Waals surface area contributed by atoms with E-state index < -0.39 is 0 Å². The van der Waals surface area contributed by atoms with E-state index >= 15 is 0 Å². The number of amides is 1. The van der Waals surface area contributed by atoms with Gasteiger partial charge in [-0.25, -0.2) is 0 Å². The molecule has 90 valence electrons. The summed E-state index contributed by atoms with van der Waals surface area (Å²) < 4.78 is 0. The van der Waals surface area contributed by atoms with Gasteiger partial charge in [0.1, 0.15) is 0 Å². The maximum Gasteiger partial charge on any atom is 0.236 e. The van der Waals surface area contributed by atoms with Crippen LogP contribution in [-0.2, 0) is 4.79 Å². The van der Waals surface area contributed by atoms with Gasteiger partial charge in [-0.15, -0.1) is 0 Å². The van der Waals surface area contributed by atoms with E-state index in [0.29, 0.717) is 0 Å². The Morgan fingerprint density at radius 2 is 1.87 bits per heavy atom. The van der Waals surface area contributed by atoms with Gasteiger partial charge in [-0.3, -0.25) is 4.79 Å². The van der Waals surface area contributed by atoms with Crippen LogP contribution in [0.5, 0.6) is 0 Å². The van der Waals surface area contributed by atoms with E-state index in [1.807, 2.05) is 32.8 Å². The molecule has 0 aliphatic heterocycles. The monoisotopic (exact) mass is 278 g/mol. The Morgan fingerprint density at radius 1 is 1.33 bits per heavy atom. The Kier molecular flexibility index (Phi) is 7.18. The summed E-state index contributed by atoms with van der Waals surface area (Å²) in [6.45, 7) is 7.82. The number of carbonyl (C=O) groups excluding carboxylic acids is 1. The van der Waals surface area contributed by atoms with Crippen LogP contribution in [0, 0.1) is 0 Å². The smallest absolute Gasteiger partial charge is 0.236 e. The third-order valence-corrected chi connectivity index (χ3v) is 3.45. The molecule has 0 aromatic carbocycles. The Bertz CT molecular complexity index is 197. The molecule has 0 spiro atoms. The van der Waals surface area contributed by atoms with Crippen LogP contribution in [0.1, 0.15) is 27.2 Å². The zero-order valence-corrected chi connectivity index (χ0v) is 12.0. The number of alkyl halides is 1. The summed E-state index contributed by atoms with van der Waals surface area (Å²) in [5, 5.41) is 0. The second kappa shape index (κ2) is 7.23. The summed E-state index contributed by atoms with van der Waals surface area (Å²) in [6, 6.07) is 0.268. The summed E-state index contributed by atoms with van der Waals surface area (Å²) in [4.78, 5) is 16.0. The molecule has 2 atom stereocenters. The summed E-state index contributed by atoms with van der Waals surface area (Å²) in [6.07, 6.45) is 0.837. The van der Waals surface area contributed by atoms with E-state index in [9.17, 15) is 4.79 Å². The van der Waals surface area contributed by atoms with Crippen LogP contribution in [0.25, 0.3) is 0 Å². The minimum atomic E-state index is -0.0398. The number of hydrogen-bond acceptors (Lipinski definition) is 2. The van der Waals surface area contributed by atoms with Gasteiger partial charge in [0.25, 0.3) is 0 Å². The molecule has 0 aliphatic carbocycles. The summed E-state index contributed by atoms with van der Waals surface area (Å²) >= 11 is 3.41. The largest absolute Gasteiger partial charge is 0.338 e. The van der Waals surface area contributed by atoms with Crippen molar-refractivity contribution in [3.63, 3.8) is 0 Å². The van der Waals surface area contributed by atoms with Crippen molar-refractivity contribution in [2.24, 2.45) is 0 Å². The van der Waals surface area contributed by atoms with Crippen LogP contribution < -0.4 is 0 Å². The molecule has 2 unspecified atom stereocenters. The first-order chi connectivity index (χ1) is 6.93. The molecular weight excluding hydrogens is 256 g/mol. The van der Waals surface area contributed by atoms with E-state index in [1.54, 1.807) is 0 Å². The van der Waals surface area contributed by atoms with Gasteiger partial charge in [0.05, 0.1) is 4.83 Å². The minimum Gasteiger partial charge on any atom is -0.338 e. The Balaban J connectivity index is 4.40. The highest BCUT2D eigenvalue weighted by Crippen LogP contribution is 2.12. The third-order valence-electron chi connectivity index (χ3n) is 2.41. The molecule has 0 fully saturated rings.